The summed E-state index contributed by atoms with van der Waals surface area (Å²) in [6.45, 7) is 2.55. The molecule has 0 heterocycles. The first kappa shape index (κ1) is 20.4. The van der Waals surface area contributed by atoms with E-state index in [9.17, 15) is 4.79 Å². The van der Waals surface area contributed by atoms with Gasteiger partial charge in [0.2, 0.25) is 0 Å². The van der Waals surface area contributed by atoms with Gasteiger partial charge in [0.15, 0.2) is 6.04 Å². The molecule has 1 amide bonds. The number of hydrogen-bond donors (Lipinski definition) is 2. The first-order valence-electron chi connectivity index (χ1n) is 10.6. The predicted molar refractivity (Wildman–Crippen MR) is 113 cm³/mol. The van der Waals surface area contributed by atoms with Gasteiger partial charge in [-0.2, -0.15) is 0 Å². The lowest BCUT2D eigenvalue weighted by Crippen LogP contribution is -2.96. The number of ether oxygens (including phenoxy) is 1. The predicted octanol–water partition coefficient (Wildman–Crippen LogP) is 4.27. The highest BCUT2D eigenvalue weighted by molar-refractivity contribution is 5.93. The van der Waals surface area contributed by atoms with Crippen LogP contribution in [0.3, 0.4) is 0 Å². The van der Waals surface area contributed by atoms with Crippen molar-refractivity contribution in [1.29, 1.82) is 0 Å². The summed E-state index contributed by atoms with van der Waals surface area (Å²) in [6, 6.07) is 18.2. The number of amides is 1. The van der Waals surface area contributed by atoms with Gasteiger partial charge in [0, 0.05) is 5.69 Å². The molecule has 0 aromatic heterocycles. The highest BCUT2D eigenvalue weighted by Crippen LogP contribution is 2.18. The van der Waals surface area contributed by atoms with Crippen LogP contribution < -0.4 is 15.4 Å². The molecule has 0 aliphatic heterocycles. The molecule has 1 aliphatic rings. The number of benzene rings is 2. The van der Waals surface area contributed by atoms with Crippen LogP contribution in [0.15, 0.2) is 54.6 Å². The van der Waals surface area contributed by atoms with Crippen molar-refractivity contribution in [2.24, 2.45) is 0 Å². The third-order valence-electron chi connectivity index (χ3n) is 5.49. The minimum atomic E-state index is -0.0709. The average molecular weight is 382 g/mol. The Balaban J connectivity index is 1.45. The molecular weight excluding hydrogens is 348 g/mol. The monoisotopic (exact) mass is 381 g/mol. The molecule has 0 saturated heterocycles. The molecule has 1 saturated carbocycles. The third-order valence-corrected chi connectivity index (χ3v) is 5.49. The maximum Gasteiger partial charge on any atom is 0.282 e. The maximum absolute atomic E-state index is 12.6. The van der Waals surface area contributed by atoms with Gasteiger partial charge < -0.3 is 15.4 Å². The molecule has 28 heavy (non-hydrogen) atoms. The van der Waals surface area contributed by atoms with Gasteiger partial charge in [-0.3, -0.25) is 4.79 Å². The molecule has 0 spiro atoms. The van der Waals surface area contributed by atoms with E-state index in [0.717, 1.165) is 17.0 Å². The second-order valence-electron chi connectivity index (χ2n) is 7.87. The van der Waals surface area contributed by atoms with E-state index in [1.54, 1.807) is 0 Å². The zero-order valence-corrected chi connectivity index (χ0v) is 16.9. The molecule has 2 aromatic rings. The number of anilines is 1. The molecule has 0 unspecified atom stereocenters. The second-order valence-corrected chi connectivity index (χ2v) is 7.87. The van der Waals surface area contributed by atoms with Crippen LogP contribution in [0.25, 0.3) is 0 Å². The number of quaternary nitrogens is 1. The molecule has 1 fully saturated rings. The number of carbonyl (C=O) groups excluding carboxylic acids is 1. The van der Waals surface area contributed by atoms with Crippen molar-refractivity contribution in [2.45, 2.75) is 70.6 Å². The van der Waals surface area contributed by atoms with Gasteiger partial charge in [-0.1, -0.05) is 49.6 Å². The van der Waals surface area contributed by atoms with Gasteiger partial charge in [0.05, 0.1) is 6.04 Å². The Kier molecular flexibility index (Phi) is 7.92. The van der Waals surface area contributed by atoms with Gasteiger partial charge in [-0.15, -0.1) is 0 Å². The third kappa shape index (κ3) is 6.68. The van der Waals surface area contributed by atoms with Crippen molar-refractivity contribution in [3.63, 3.8) is 0 Å². The molecule has 2 aromatic carbocycles. The first-order valence-corrected chi connectivity index (χ1v) is 10.6. The van der Waals surface area contributed by atoms with E-state index in [-0.39, 0.29) is 11.9 Å². The topological polar surface area (TPSA) is 54.9 Å². The van der Waals surface area contributed by atoms with Gasteiger partial charge in [0.1, 0.15) is 12.4 Å². The molecule has 3 N–H and O–H groups in total. The highest BCUT2D eigenvalue weighted by atomic mass is 16.5. The van der Waals surface area contributed by atoms with Crippen molar-refractivity contribution in [3.8, 4) is 5.75 Å². The van der Waals surface area contributed by atoms with Gasteiger partial charge in [-0.05, 0) is 62.4 Å². The summed E-state index contributed by atoms with van der Waals surface area (Å²) in [5.41, 5.74) is 1.95. The number of hydrogen-bond acceptors (Lipinski definition) is 2. The van der Waals surface area contributed by atoms with Crippen LogP contribution in [0.1, 0.15) is 57.4 Å². The SMILES string of the molecule is C[C@@H]([NH2+]C1CCCCCCC1)C(=O)Nc1ccc(OCc2ccccc2)cc1. The minimum Gasteiger partial charge on any atom is -0.489 e. The van der Waals surface area contributed by atoms with E-state index in [2.05, 4.69) is 10.6 Å². The summed E-state index contributed by atoms with van der Waals surface area (Å²) >= 11 is 0. The van der Waals surface area contributed by atoms with Crippen molar-refractivity contribution in [1.82, 2.24) is 0 Å². The Morgan fingerprint density at radius 3 is 2.32 bits per heavy atom. The van der Waals surface area contributed by atoms with Crippen molar-refractivity contribution < 1.29 is 14.8 Å². The van der Waals surface area contributed by atoms with E-state index in [1.165, 1.54) is 44.9 Å². The van der Waals surface area contributed by atoms with Crippen LogP contribution in [0.5, 0.6) is 5.75 Å². The van der Waals surface area contributed by atoms with Crippen LogP contribution >= 0.6 is 0 Å². The van der Waals surface area contributed by atoms with Gasteiger partial charge in [-0.25, -0.2) is 0 Å². The van der Waals surface area contributed by atoms with E-state index in [1.807, 2.05) is 61.5 Å². The fourth-order valence-electron chi connectivity index (χ4n) is 3.81. The van der Waals surface area contributed by atoms with E-state index >= 15 is 0 Å². The first-order chi connectivity index (χ1) is 13.7. The Labute approximate surface area is 168 Å². The minimum absolute atomic E-state index is 0.0695. The highest BCUT2D eigenvalue weighted by Gasteiger charge is 2.22. The summed E-state index contributed by atoms with van der Waals surface area (Å²) in [5, 5.41) is 5.30. The van der Waals surface area contributed by atoms with Crippen LogP contribution in [-0.2, 0) is 11.4 Å². The van der Waals surface area contributed by atoms with Crippen LogP contribution in [0.4, 0.5) is 5.69 Å². The number of carbonyl (C=O) groups is 1. The molecule has 1 aliphatic carbocycles. The second kappa shape index (κ2) is 10.9. The zero-order chi connectivity index (χ0) is 19.6. The lowest BCUT2D eigenvalue weighted by atomic mass is 9.96. The van der Waals surface area contributed by atoms with Crippen LogP contribution in [-0.4, -0.2) is 18.0 Å². The molecule has 4 heteroatoms. The normalized spacial score (nSPS) is 16.6. The van der Waals surface area contributed by atoms with Crippen molar-refractivity contribution >= 4 is 11.6 Å². The molecule has 3 rings (SSSR count). The Bertz CT molecular complexity index is 707. The lowest BCUT2D eigenvalue weighted by Gasteiger charge is -2.21. The van der Waals surface area contributed by atoms with Crippen molar-refractivity contribution in [3.05, 3.63) is 60.2 Å². The van der Waals surface area contributed by atoms with Gasteiger partial charge >= 0.3 is 0 Å². The Morgan fingerprint density at radius 1 is 1.00 bits per heavy atom. The standard InChI is InChI=1S/C24H32N2O2/c1-19(25-21-12-8-3-2-4-9-13-21)24(27)26-22-14-16-23(17-15-22)28-18-20-10-6-5-7-11-20/h5-7,10-11,14-17,19,21,25H,2-4,8-9,12-13,18H2,1H3,(H,26,27)/p+1/t19-/m1/s1. The smallest absolute Gasteiger partial charge is 0.282 e. The fourth-order valence-corrected chi connectivity index (χ4v) is 3.81. The van der Waals surface area contributed by atoms with Crippen LogP contribution in [0, 0.1) is 0 Å². The molecule has 0 radical (unpaired) electrons. The summed E-state index contributed by atoms with van der Waals surface area (Å²) in [6.07, 6.45) is 9.08. The lowest BCUT2D eigenvalue weighted by molar-refractivity contribution is -0.707. The number of nitrogens with one attached hydrogen (secondary N) is 1. The largest absolute Gasteiger partial charge is 0.489 e. The quantitative estimate of drug-likeness (QED) is 0.752. The fraction of sp³-hybridized carbons (Fsp3) is 0.458. The molecule has 4 nitrogen and oxygen atoms in total. The summed E-state index contributed by atoms with van der Waals surface area (Å²) < 4.78 is 5.80. The average Bonchev–Trinajstić information content (AvgIpc) is 2.70. The van der Waals surface area contributed by atoms with E-state index < -0.39 is 0 Å². The zero-order valence-electron chi connectivity index (χ0n) is 16.9. The molecule has 0 bridgehead atoms. The molecular formula is C24H33N2O2+. The van der Waals surface area contributed by atoms with E-state index in [0.29, 0.717) is 12.6 Å². The van der Waals surface area contributed by atoms with Crippen molar-refractivity contribution in [2.75, 3.05) is 5.32 Å². The van der Waals surface area contributed by atoms with Gasteiger partial charge in [0.25, 0.3) is 5.91 Å². The summed E-state index contributed by atoms with van der Waals surface area (Å²) in [7, 11) is 0. The van der Waals surface area contributed by atoms with Crippen LogP contribution in [0.2, 0.25) is 0 Å². The Hall–Kier alpha value is -2.33. The maximum atomic E-state index is 12.6. The number of nitrogens with two attached hydrogens (primary N) is 1. The van der Waals surface area contributed by atoms with E-state index in [4.69, 9.17) is 4.74 Å². The summed E-state index contributed by atoms with van der Waals surface area (Å²) in [5.74, 6) is 0.871. The molecule has 150 valence electrons. The number of rotatable bonds is 7. The Morgan fingerprint density at radius 2 is 1.64 bits per heavy atom. The molecule has 1 atom stereocenters. The summed E-state index contributed by atoms with van der Waals surface area (Å²) in [4.78, 5) is 12.6.